The van der Waals surface area contributed by atoms with Gasteiger partial charge in [0.15, 0.2) is 0 Å². The first kappa shape index (κ1) is 30.8. The molecule has 12 nitrogen and oxygen atoms in total. The van der Waals surface area contributed by atoms with Gasteiger partial charge >= 0.3 is 5.97 Å². The first-order valence-corrected chi connectivity index (χ1v) is 12.0. The molecule has 0 saturated carbocycles. The van der Waals surface area contributed by atoms with E-state index in [4.69, 9.17) is 11.5 Å². The van der Waals surface area contributed by atoms with Gasteiger partial charge in [0.1, 0.15) is 23.9 Å². The fourth-order valence-corrected chi connectivity index (χ4v) is 3.43. The zero-order valence-corrected chi connectivity index (χ0v) is 20.8. The van der Waals surface area contributed by atoms with Crippen molar-refractivity contribution >= 4 is 23.7 Å². The van der Waals surface area contributed by atoms with Crippen molar-refractivity contribution in [2.45, 2.75) is 70.1 Å². The number of aromatic hydroxyl groups is 1. The van der Waals surface area contributed by atoms with Crippen LogP contribution >= 0.6 is 0 Å². The predicted molar refractivity (Wildman–Crippen MR) is 133 cm³/mol. The summed E-state index contributed by atoms with van der Waals surface area (Å²) in [6, 6.07) is 1.26. The van der Waals surface area contributed by atoms with Crippen molar-refractivity contribution in [1.29, 1.82) is 0 Å². The molecule has 1 aromatic carbocycles. The van der Waals surface area contributed by atoms with E-state index in [1.54, 1.807) is 12.1 Å². The topological polar surface area (TPSA) is 217 Å². The van der Waals surface area contributed by atoms with Crippen molar-refractivity contribution in [1.82, 2.24) is 16.0 Å². The number of amides is 3. The maximum absolute atomic E-state index is 13.0. The van der Waals surface area contributed by atoms with Crippen molar-refractivity contribution in [3.05, 3.63) is 29.8 Å². The quantitative estimate of drug-likeness (QED) is 0.128. The van der Waals surface area contributed by atoms with Crippen LogP contribution in [0, 0.1) is 5.92 Å². The summed E-state index contributed by atoms with van der Waals surface area (Å²) in [6.07, 6.45) is 1.81. The molecular weight excluding hydrogens is 470 g/mol. The van der Waals surface area contributed by atoms with Crippen LogP contribution in [0.25, 0.3) is 0 Å². The largest absolute Gasteiger partial charge is 0.508 e. The van der Waals surface area contributed by atoms with Gasteiger partial charge in [-0.15, -0.1) is 0 Å². The number of carboxylic acids is 1. The van der Waals surface area contributed by atoms with E-state index in [1.165, 1.54) is 12.1 Å². The Morgan fingerprint density at radius 2 is 1.44 bits per heavy atom. The van der Waals surface area contributed by atoms with Crippen LogP contribution < -0.4 is 27.4 Å². The van der Waals surface area contributed by atoms with Crippen molar-refractivity contribution in [2.24, 2.45) is 17.4 Å². The van der Waals surface area contributed by atoms with E-state index in [1.807, 2.05) is 13.8 Å². The van der Waals surface area contributed by atoms with Crippen LogP contribution in [0.2, 0.25) is 0 Å². The van der Waals surface area contributed by atoms with Crippen LogP contribution in [0.1, 0.15) is 45.1 Å². The number of aliphatic hydroxyl groups excluding tert-OH is 1. The standard InChI is InChI=1S/C24H39N5O7/c1-14(2)11-19(24(35)36)28-22(33)18(12-15-6-8-16(31)9-7-15)27-23(34)20(13-30)29-21(32)17(26)5-3-4-10-25/h6-9,14,17-20,30-31H,3-5,10-13,25-26H2,1-2H3,(H,27,34)(H,28,33)(H,29,32)(H,35,36). The number of nitrogens with one attached hydrogen (secondary N) is 3. The second-order valence-corrected chi connectivity index (χ2v) is 9.10. The molecule has 0 radical (unpaired) electrons. The number of carbonyl (C=O) groups excluding carboxylic acids is 3. The highest BCUT2D eigenvalue weighted by molar-refractivity contribution is 5.94. The molecule has 12 heteroatoms. The minimum atomic E-state index is -1.38. The summed E-state index contributed by atoms with van der Waals surface area (Å²) in [4.78, 5) is 49.9. The van der Waals surface area contributed by atoms with Crippen molar-refractivity contribution in [2.75, 3.05) is 13.2 Å². The van der Waals surface area contributed by atoms with E-state index >= 15 is 0 Å². The molecule has 0 aliphatic rings. The van der Waals surface area contributed by atoms with Gasteiger partial charge in [0, 0.05) is 6.42 Å². The average molecular weight is 510 g/mol. The van der Waals surface area contributed by atoms with Gasteiger partial charge in [0.25, 0.3) is 0 Å². The molecule has 3 amide bonds. The predicted octanol–water partition coefficient (Wildman–Crippen LogP) is -1.03. The second kappa shape index (κ2) is 15.7. The number of aliphatic carboxylic acids is 1. The summed E-state index contributed by atoms with van der Waals surface area (Å²) in [7, 11) is 0. The third-order valence-corrected chi connectivity index (χ3v) is 5.45. The zero-order chi connectivity index (χ0) is 27.3. The molecule has 0 bridgehead atoms. The van der Waals surface area contributed by atoms with Crippen LogP contribution in [0.15, 0.2) is 24.3 Å². The van der Waals surface area contributed by atoms with Crippen molar-refractivity contribution < 1.29 is 34.5 Å². The number of phenols is 1. The number of carbonyl (C=O) groups is 4. The first-order valence-electron chi connectivity index (χ1n) is 12.0. The number of benzene rings is 1. The summed E-state index contributed by atoms with van der Waals surface area (Å²) in [6.45, 7) is 3.34. The van der Waals surface area contributed by atoms with Crippen molar-refractivity contribution in [3.63, 3.8) is 0 Å². The molecule has 4 atom stereocenters. The molecule has 202 valence electrons. The molecule has 10 N–H and O–H groups in total. The molecule has 0 saturated heterocycles. The van der Waals surface area contributed by atoms with E-state index in [0.717, 1.165) is 0 Å². The summed E-state index contributed by atoms with van der Waals surface area (Å²) < 4.78 is 0. The maximum Gasteiger partial charge on any atom is 0.326 e. The SMILES string of the molecule is CC(C)CC(NC(=O)C(Cc1ccc(O)cc1)NC(=O)C(CO)NC(=O)C(N)CCCCN)C(=O)O. The molecule has 0 fully saturated rings. The molecule has 0 aliphatic carbocycles. The molecule has 36 heavy (non-hydrogen) atoms. The Labute approximate surface area is 210 Å². The molecule has 0 heterocycles. The lowest BCUT2D eigenvalue weighted by Gasteiger charge is -2.25. The lowest BCUT2D eigenvalue weighted by atomic mass is 10.0. The maximum atomic E-state index is 13.0. The lowest BCUT2D eigenvalue weighted by Crippen LogP contribution is -2.58. The van der Waals surface area contributed by atoms with Crippen LogP contribution in [-0.4, -0.2) is 76.3 Å². The smallest absolute Gasteiger partial charge is 0.326 e. The molecular formula is C24H39N5O7. The number of nitrogens with two attached hydrogens (primary N) is 2. The van der Waals surface area contributed by atoms with Gasteiger partial charge < -0.3 is 42.7 Å². The van der Waals surface area contributed by atoms with E-state index in [9.17, 15) is 34.5 Å². The van der Waals surface area contributed by atoms with Crippen molar-refractivity contribution in [3.8, 4) is 5.75 Å². The number of rotatable bonds is 16. The fraction of sp³-hybridized carbons (Fsp3) is 0.583. The van der Waals surface area contributed by atoms with E-state index < -0.39 is 54.5 Å². The first-order chi connectivity index (χ1) is 17.0. The Balaban J connectivity index is 3.00. The molecule has 0 aromatic heterocycles. The molecule has 0 spiro atoms. The summed E-state index contributed by atoms with van der Waals surface area (Å²) in [5, 5.41) is 36.0. The van der Waals surface area contributed by atoms with E-state index in [2.05, 4.69) is 16.0 Å². The Kier molecular flexibility index (Phi) is 13.4. The minimum absolute atomic E-state index is 0.0116. The van der Waals surface area contributed by atoms with Crippen LogP contribution in [0.5, 0.6) is 5.75 Å². The van der Waals surface area contributed by atoms with Crippen LogP contribution in [-0.2, 0) is 25.6 Å². The molecule has 1 rings (SSSR count). The van der Waals surface area contributed by atoms with Gasteiger partial charge in [-0.05, 0) is 49.4 Å². The number of carboxylic acid groups (broad SMARTS) is 1. The van der Waals surface area contributed by atoms with E-state index in [0.29, 0.717) is 31.4 Å². The van der Waals surface area contributed by atoms with Gasteiger partial charge in [-0.2, -0.15) is 0 Å². The van der Waals surface area contributed by atoms with E-state index in [-0.39, 0.29) is 24.5 Å². The fourth-order valence-electron chi connectivity index (χ4n) is 3.43. The highest BCUT2D eigenvalue weighted by Gasteiger charge is 2.30. The van der Waals surface area contributed by atoms with Gasteiger partial charge in [-0.1, -0.05) is 32.4 Å². The summed E-state index contributed by atoms with van der Waals surface area (Å²) >= 11 is 0. The monoisotopic (exact) mass is 509 g/mol. The second-order valence-electron chi connectivity index (χ2n) is 9.10. The summed E-state index contributed by atoms with van der Waals surface area (Å²) in [5.41, 5.74) is 11.9. The molecule has 0 aliphatic heterocycles. The lowest BCUT2D eigenvalue weighted by molar-refractivity contribution is -0.142. The number of unbranched alkanes of at least 4 members (excludes halogenated alkanes) is 1. The molecule has 4 unspecified atom stereocenters. The normalized spacial score (nSPS) is 14.4. The van der Waals surface area contributed by atoms with Crippen LogP contribution in [0.4, 0.5) is 0 Å². The minimum Gasteiger partial charge on any atom is -0.508 e. The third-order valence-electron chi connectivity index (χ3n) is 5.45. The van der Waals surface area contributed by atoms with Gasteiger partial charge in [-0.3, -0.25) is 14.4 Å². The highest BCUT2D eigenvalue weighted by atomic mass is 16.4. The number of phenolic OH excluding ortho intramolecular Hbond substituents is 1. The Bertz CT molecular complexity index is 863. The summed E-state index contributed by atoms with van der Waals surface area (Å²) in [5.74, 6) is -3.43. The average Bonchev–Trinajstić information content (AvgIpc) is 2.82. The number of hydrogen-bond acceptors (Lipinski definition) is 8. The Morgan fingerprint density at radius 3 is 1.97 bits per heavy atom. The number of hydrogen-bond donors (Lipinski definition) is 8. The third kappa shape index (κ3) is 11.0. The van der Waals surface area contributed by atoms with Gasteiger partial charge in [-0.25, -0.2) is 4.79 Å². The Morgan fingerprint density at radius 1 is 0.889 bits per heavy atom. The zero-order valence-electron chi connectivity index (χ0n) is 20.8. The highest BCUT2D eigenvalue weighted by Crippen LogP contribution is 2.12. The van der Waals surface area contributed by atoms with Gasteiger partial charge in [0.05, 0.1) is 12.6 Å². The van der Waals surface area contributed by atoms with Gasteiger partial charge in [0.2, 0.25) is 17.7 Å². The Hall–Kier alpha value is -3.22. The molecule has 1 aromatic rings. The van der Waals surface area contributed by atoms with Crippen LogP contribution in [0.3, 0.4) is 0 Å². The number of aliphatic hydroxyl groups is 1.